The Balaban J connectivity index is 1.42. The molecule has 3 N–H and O–H groups in total. The van der Waals surface area contributed by atoms with Crippen LogP contribution in [-0.2, 0) is 24.0 Å². The molecule has 8 nitrogen and oxygen atoms in total. The topological polar surface area (TPSA) is 100.0 Å². The fourth-order valence-electron chi connectivity index (χ4n) is 4.76. The molecule has 0 spiro atoms. The minimum atomic E-state index is -1.46. The lowest BCUT2D eigenvalue weighted by Crippen LogP contribution is -2.58. The largest absolute Gasteiger partial charge is 0.375 e. The Morgan fingerprint density at radius 2 is 1.77 bits per heavy atom. The van der Waals surface area contributed by atoms with Gasteiger partial charge < -0.3 is 20.6 Å². The molecule has 1 amide bonds. The second kappa shape index (κ2) is 9.09. The van der Waals surface area contributed by atoms with Crippen molar-refractivity contribution in [2.75, 3.05) is 26.2 Å². The highest BCUT2D eigenvalue weighted by Crippen LogP contribution is 2.42. The predicted octanol–water partition coefficient (Wildman–Crippen LogP) is 1.46. The van der Waals surface area contributed by atoms with Crippen LogP contribution in [0.25, 0.3) is 0 Å². The number of piperazine rings is 1. The molecule has 1 aliphatic carbocycles. The van der Waals surface area contributed by atoms with E-state index in [1.807, 2.05) is 54.5 Å². The van der Waals surface area contributed by atoms with Gasteiger partial charge in [-0.15, -0.1) is 0 Å². The lowest BCUT2D eigenvalue weighted by molar-refractivity contribution is -0.160. The fourth-order valence-corrected chi connectivity index (χ4v) is 4.76. The summed E-state index contributed by atoms with van der Waals surface area (Å²) < 4.78 is 1.74. The smallest absolute Gasteiger partial charge is 0.259 e. The van der Waals surface area contributed by atoms with Crippen molar-refractivity contribution in [2.45, 2.75) is 37.8 Å². The third-order valence-electron chi connectivity index (χ3n) is 6.55. The third-order valence-corrected chi connectivity index (χ3v) is 6.55. The first kappa shape index (κ1) is 21.4. The average molecular weight is 425 g/mol. The lowest BCUT2D eigenvalue weighted by atomic mass is 9.79. The number of benzene rings is 1. The summed E-state index contributed by atoms with van der Waals surface area (Å²) in [4.78, 5) is 21.8. The predicted molar refractivity (Wildman–Crippen MR) is 119 cm³/mol. The van der Waals surface area contributed by atoms with Gasteiger partial charge >= 0.3 is 0 Å². The minimum absolute atomic E-state index is 0.0366. The van der Waals surface area contributed by atoms with Gasteiger partial charge in [0.1, 0.15) is 0 Å². The molecule has 31 heavy (non-hydrogen) atoms. The van der Waals surface area contributed by atoms with Gasteiger partial charge in [-0.1, -0.05) is 43.2 Å². The van der Waals surface area contributed by atoms with Crippen LogP contribution in [-0.4, -0.2) is 62.7 Å². The summed E-state index contributed by atoms with van der Waals surface area (Å²) in [5, 5.41) is 16.0. The maximum absolute atomic E-state index is 13.6. The summed E-state index contributed by atoms with van der Waals surface area (Å²) in [6.07, 6.45) is 5.76. The molecule has 2 aromatic rings. The van der Waals surface area contributed by atoms with Crippen molar-refractivity contribution >= 4 is 11.9 Å². The highest BCUT2D eigenvalue weighted by atomic mass is 16.3. The number of aryl methyl sites for hydroxylation is 1. The van der Waals surface area contributed by atoms with Crippen molar-refractivity contribution < 1.29 is 9.90 Å². The number of guanidine groups is 1. The van der Waals surface area contributed by atoms with E-state index < -0.39 is 5.60 Å². The Hall–Kier alpha value is -2.87. The van der Waals surface area contributed by atoms with Crippen LogP contribution in [0.15, 0.2) is 47.6 Å². The summed E-state index contributed by atoms with van der Waals surface area (Å²) >= 11 is 0. The van der Waals surface area contributed by atoms with Gasteiger partial charge in [0.25, 0.3) is 5.91 Å². The van der Waals surface area contributed by atoms with Crippen LogP contribution in [0.4, 0.5) is 0 Å². The first-order valence-electron chi connectivity index (χ1n) is 11.1. The maximum Gasteiger partial charge on any atom is 0.259 e. The van der Waals surface area contributed by atoms with Crippen molar-refractivity contribution in [1.82, 2.24) is 19.6 Å². The molecule has 1 saturated heterocycles. The van der Waals surface area contributed by atoms with Crippen LogP contribution in [0.1, 0.15) is 36.9 Å². The van der Waals surface area contributed by atoms with Gasteiger partial charge in [-0.25, -0.2) is 4.99 Å². The number of aliphatic hydroxyl groups is 1. The van der Waals surface area contributed by atoms with Gasteiger partial charge in [-0.05, 0) is 24.5 Å². The van der Waals surface area contributed by atoms with E-state index in [1.165, 1.54) is 0 Å². The second-order valence-electron chi connectivity index (χ2n) is 8.55. The summed E-state index contributed by atoms with van der Waals surface area (Å²) in [5.41, 5.74) is 6.29. The number of hydrogen-bond donors (Lipinski definition) is 2. The van der Waals surface area contributed by atoms with Crippen molar-refractivity contribution in [3.63, 3.8) is 0 Å². The Labute approximate surface area is 183 Å². The molecule has 166 valence electrons. The van der Waals surface area contributed by atoms with Crippen molar-refractivity contribution in [1.29, 1.82) is 0 Å². The number of nitrogens with two attached hydrogens (primary N) is 1. The van der Waals surface area contributed by atoms with E-state index in [9.17, 15) is 9.90 Å². The van der Waals surface area contributed by atoms with E-state index in [1.54, 1.807) is 9.58 Å². The summed E-state index contributed by atoms with van der Waals surface area (Å²) in [6, 6.07) is 11.3. The highest BCUT2D eigenvalue weighted by Gasteiger charge is 2.48. The molecule has 0 bridgehead atoms. The van der Waals surface area contributed by atoms with Gasteiger partial charge in [0.15, 0.2) is 11.6 Å². The Bertz CT molecular complexity index is 913. The molecule has 2 heterocycles. The average Bonchev–Trinajstić information content (AvgIpc) is 3.49. The zero-order valence-electron chi connectivity index (χ0n) is 18.2. The number of hydrogen-bond acceptors (Lipinski definition) is 4. The number of amides is 1. The number of rotatable bonds is 5. The van der Waals surface area contributed by atoms with E-state index in [-0.39, 0.29) is 11.8 Å². The number of nitrogens with zero attached hydrogens (tertiary/aromatic N) is 5. The van der Waals surface area contributed by atoms with E-state index in [2.05, 4.69) is 10.1 Å². The molecule has 8 heteroatoms. The van der Waals surface area contributed by atoms with E-state index in [0.29, 0.717) is 44.2 Å². The van der Waals surface area contributed by atoms with Crippen LogP contribution in [0.3, 0.4) is 0 Å². The number of carbonyl (C=O) groups is 1. The second-order valence-corrected chi connectivity index (χ2v) is 8.55. The number of aliphatic imine (C=N–C) groups is 1. The molecule has 1 aromatic carbocycles. The molecule has 4 rings (SSSR count). The third kappa shape index (κ3) is 4.44. The van der Waals surface area contributed by atoms with Gasteiger partial charge in [0.05, 0.1) is 12.2 Å². The molecular weight excluding hydrogens is 392 g/mol. The van der Waals surface area contributed by atoms with E-state index >= 15 is 0 Å². The molecular formula is C23H32N6O2. The molecule has 0 radical (unpaired) electrons. The monoisotopic (exact) mass is 424 g/mol. The first-order valence-corrected chi connectivity index (χ1v) is 11.1. The molecule has 1 atom stereocenters. The molecule has 1 saturated carbocycles. The molecule has 2 fully saturated rings. The molecule has 1 aliphatic heterocycles. The normalized spacial score (nSPS) is 20.1. The Kier molecular flexibility index (Phi) is 6.27. The van der Waals surface area contributed by atoms with Crippen LogP contribution >= 0.6 is 0 Å². The number of aromatic nitrogens is 2. The van der Waals surface area contributed by atoms with Crippen molar-refractivity contribution in [2.24, 2.45) is 23.7 Å². The molecule has 1 aromatic heterocycles. The van der Waals surface area contributed by atoms with Crippen LogP contribution in [0.2, 0.25) is 0 Å². The SMILES string of the molecule is Cn1ccc(CN=C(N)N2CCN(C(=O)[C@](O)(c3ccccc3)C3CCCC3)CC2)n1. The standard InChI is InChI=1S/C23H32N6O2/c1-27-12-11-20(26-27)17-25-22(24)29-15-13-28(14-16-29)21(30)23(31,19-9-5-6-10-19)18-7-3-2-4-8-18/h2-4,7-8,11-12,19,31H,5-6,9-10,13-17H2,1H3,(H2,24,25)/t23-/m0/s1. The zero-order valence-corrected chi connectivity index (χ0v) is 18.2. The molecule has 2 aliphatic rings. The van der Waals surface area contributed by atoms with Crippen molar-refractivity contribution in [3.8, 4) is 0 Å². The van der Waals surface area contributed by atoms with Crippen LogP contribution in [0.5, 0.6) is 0 Å². The fraction of sp³-hybridized carbons (Fsp3) is 0.522. The van der Waals surface area contributed by atoms with Crippen molar-refractivity contribution in [3.05, 3.63) is 53.9 Å². The Morgan fingerprint density at radius 1 is 1.13 bits per heavy atom. The van der Waals surface area contributed by atoms with E-state index in [4.69, 9.17) is 5.73 Å². The highest BCUT2D eigenvalue weighted by molar-refractivity contribution is 5.87. The lowest BCUT2D eigenvalue weighted by Gasteiger charge is -2.41. The maximum atomic E-state index is 13.6. The minimum Gasteiger partial charge on any atom is -0.375 e. The van der Waals surface area contributed by atoms with Gasteiger partial charge in [-0.2, -0.15) is 5.10 Å². The molecule has 0 unspecified atom stereocenters. The number of carbonyl (C=O) groups excluding carboxylic acids is 1. The van der Waals surface area contributed by atoms with E-state index in [0.717, 1.165) is 31.4 Å². The van der Waals surface area contributed by atoms with Crippen LogP contribution < -0.4 is 5.73 Å². The van der Waals surface area contributed by atoms with Crippen LogP contribution in [0, 0.1) is 5.92 Å². The van der Waals surface area contributed by atoms with Gasteiger partial charge in [0, 0.05) is 45.3 Å². The Morgan fingerprint density at radius 3 is 2.39 bits per heavy atom. The summed E-state index contributed by atoms with van der Waals surface area (Å²) in [5.74, 6) is 0.242. The van der Waals surface area contributed by atoms with Gasteiger partial charge in [0.2, 0.25) is 0 Å². The summed E-state index contributed by atoms with van der Waals surface area (Å²) in [7, 11) is 1.87. The quantitative estimate of drug-likeness (QED) is 0.559. The zero-order chi connectivity index (χ0) is 21.8. The summed E-state index contributed by atoms with van der Waals surface area (Å²) in [6.45, 7) is 2.65. The first-order chi connectivity index (χ1) is 15.0. The van der Waals surface area contributed by atoms with Gasteiger partial charge in [-0.3, -0.25) is 9.48 Å².